The number of hydrogen-bond acceptors (Lipinski definition) is 5. The summed E-state index contributed by atoms with van der Waals surface area (Å²) in [7, 11) is 1.68. The first-order valence-corrected chi connectivity index (χ1v) is 10.9. The Morgan fingerprint density at radius 1 is 1.21 bits per heavy atom. The van der Waals surface area contributed by atoms with Crippen molar-refractivity contribution < 1.29 is 14.3 Å². The lowest BCUT2D eigenvalue weighted by atomic mass is 9.99. The Morgan fingerprint density at radius 2 is 1.96 bits per heavy atom. The van der Waals surface area contributed by atoms with Crippen molar-refractivity contribution in [2.24, 2.45) is 0 Å². The van der Waals surface area contributed by atoms with Gasteiger partial charge in [0.1, 0.15) is 5.75 Å². The number of nitrogens with one attached hydrogen (secondary N) is 1. The van der Waals surface area contributed by atoms with E-state index in [9.17, 15) is 4.79 Å². The number of amides is 1. The molecule has 0 unspecified atom stereocenters. The first kappa shape index (κ1) is 19.4. The van der Waals surface area contributed by atoms with Crippen molar-refractivity contribution in [3.8, 4) is 5.75 Å². The smallest absolute Gasteiger partial charge is 0.261 e. The zero-order valence-corrected chi connectivity index (χ0v) is 17.2. The lowest BCUT2D eigenvalue weighted by Crippen LogP contribution is -2.43. The van der Waals surface area contributed by atoms with E-state index >= 15 is 0 Å². The number of hydrogen-bond donors (Lipinski definition) is 1. The lowest BCUT2D eigenvalue weighted by Gasteiger charge is -2.35. The topological polar surface area (TPSA) is 50.8 Å². The summed E-state index contributed by atoms with van der Waals surface area (Å²) in [5.74, 6) is 0.892. The third-order valence-electron chi connectivity index (χ3n) is 5.66. The molecule has 28 heavy (non-hydrogen) atoms. The molecule has 0 saturated carbocycles. The van der Waals surface area contributed by atoms with Gasteiger partial charge in [-0.05, 0) is 55.0 Å². The van der Waals surface area contributed by atoms with Crippen LogP contribution in [0.15, 0.2) is 30.3 Å². The van der Waals surface area contributed by atoms with Crippen LogP contribution in [-0.2, 0) is 17.6 Å². The van der Waals surface area contributed by atoms with Gasteiger partial charge < -0.3 is 14.8 Å². The summed E-state index contributed by atoms with van der Waals surface area (Å²) >= 11 is 1.67. The van der Waals surface area contributed by atoms with Crippen LogP contribution in [-0.4, -0.2) is 50.8 Å². The molecule has 1 saturated heterocycles. The molecule has 2 heterocycles. The summed E-state index contributed by atoms with van der Waals surface area (Å²) in [4.78, 5) is 17.5. The molecule has 1 fully saturated rings. The van der Waals surface area contributed by atoms with Crippen molar-refractivity contribution in [2.45, 2.75) is 31.7 Å². The average molecular weight is 401 g/mol. The number of morpholine rings is 1. The highest BCUT2D eigenvalue weighted by atomic mass is 32.1. The fourth-order valence-corrected chi connectivity index (χ4v) is 5.22. The third kappa shape index (κ3) is 4.40. The van der Waals surface area contributed by atoms with Gasteiger partial charge in [0.2, 0.25) is 0 Å². The summed E-state index contributed by atoms with van der Waals surface area (Å²) in [6.07, 6.45) is 4.71. The van der Waals surface area contributed by atoms with Crippen molar-refractivity contribution in [1.82, 2.24) is 10.2 Å². The Hall–Kier alpha value is -1.89. The van der Waals surface area contributed by atoms with E-state index in [0.717, 1.165) is 49.8 Å². The van der Waals surface area contributed by atoms with Crippen LogP contribution in [0.4, 0.5) is 0 Å². The van der Waals surface area contributed by atoms with Gasteiger partial charge in [0.05, 0.1) is 31.2 Å². The number of fused-ring (bicyclic) bond motifs is 1. The molecule has 2 aliphatic rings. The van der Waals surface area contributed by atoms with Crippen LogP contribution >= 0.6 is 11.3 Å². The number of carbonyl (C=O) groups is 1. The number of ether oxygens (including phenoxy) is 2. The predicted molar refractivity (Wildman–Crippen MR) is 111 cm³/mol. The molecular formula is C22H28N2O3S. The molecular weight excluding hydrogens is 372 g/mol. The minimum absolute atomic E-state index is 0.0474. The Labute approximate surface area is 170 Å². The van der Waals surface area contributed by atoms with E-state index in [1.54, 1.807) is 18.4 Å². The number of aryl methyl sites for hydroxylation is 2. The van der Waals surface area contributed by atoms with E-state index in [-0.39, 0.29) is 11.9 Å². The number of thiophene rings is 1. The Balaban J connectivity index is 1.46. The van der Waals surface area contributed by atoms with Crippen LogP contribution in [0.3, 0.4) is 0 Å². The first-order chi connectivity index (χ1) is 13.7. The highest BCUT2D eigenvalue weighted by molar-refractivity contribution is 7.14. The van der Waals surface area contributed by atoms with Crippen LogP contribution in [0.2, 0.25) is 0 Å². The second-order valence-electron chi connectivity index (χ2n) is 7.41. The van der Waals surface area contributed by atoms with Crippen LogP contribution in [0.25, 0.3) is 0 Å². The van der Waals surface area contributed by atoms with Crippen LogP contribution in [0.1, 0.15) is 44.6 Å². The van der Waals surface area contributed by atoms with Gasteiger partial charge in [0.15, 0.2) is 0 Å². The molecule has 1 aliphatic heterocycles. The minimum atomic E-state index is 0.0474. The predicted octanol–water partition coefficient (Wildman–Crippen LogP) is 3.44. The van der Waals surface area contributed by atoms with Gasteiger partial charge in [0.25, 0.3) is 5.91 Å². The molecule has 1 aliphatic carbocycles. The minimum Gasteiger partial charge on any atom is -0.497 e. The van der Waals surface area contributed by atoms with Crippen LogP contribution in [0, 0.1) is 0 Å². The summed E-state index contributed by atoms with van der Waals surface area (Å²) < 4.78 is 10.8. The molecule has 1 N–H and O–H groups in total. The summed E-state index contributed by atoms with van der Waals surface area (Å²) in [5.41, 5.74) is 2.56. The summed E-state index contributed by atoms with van der Waals surface area (Å²) in [6, 6.07) is 10.4. The zero-order valence-electron chi connectivity index (χ0n) is 16.4. The second-order valence-corrected chi connectivity index (χ2v) is 8.55. The molecule has 5 nitrogen and oxygen atoms in total. The summed E-state index contributed by atoms with van der Waals surface area (Å²) in [6.45, 7) is 3.81. The molecule has 2 aromatic rings. The highest BCUT2D eigenvalue weighted by Gasteiger charge is 2.24. The van der Waals surface area contributed by atoms with Crippen molar-refractivity contribution in [3.05, 3.63) is 51.2 Å². The molecule has 0 bridgehead atoms. The molecule has 1 atom stereocenters. The van der Waals surface area contributed by atoms with Gasteiger partial charge >= 0.3 is 0 Å². The lowest BCUT2D eigenvalue weighted by molar-refractivity contribution is 0.0162. The molecule has 1 amide bonds. The molecule has 6 heteroatoms. The molecule has 150 valence electrons. The van der Waals surface area contributed by atoms with Crippen LogP contribution < -0.4 is 10.1 Å². The van der Waals surface area contributed by atoms with E-state index in [1.165, 1.54) is 28.8 Å². The molecule has 1 aromatic heterocycles. The van der Waals surface area contributed by atoms with Crippen LogP contribution in [0.5, 0.6) is 5.75 Å². The number of benzene rings is 1. The average Bonchev–Trinajstić information content (AvgIpc) is 3.19. The van der Waals surface area contributed by atoms with Gasteiger partial charge in [-0.1, -0.05) is 12.1 Å². The molecule has 4 rings (SSSR count). The summed E-state index contributed by atoms with van der Waals surface area (Å²) in [5, 5.41) is 3.19. The van der Waals surface area contributed by atoms with Gasteiger partial charge in [0, 0.05) is 24.5 Å². The number of rotatable bonds is 6. The number of nitrogens with zero attached hydrogens (tertiary/aromatic N) is 1. The number of methoxy groups -OCH3 is 1. The molecule has 1 aromatic carbocycles. The Morgan fingerprint density at radius 3 is 2.68 bits per heavy atom. The van der Waals surface area contributed by atoms with Gasteiger partial charge in [-0.15, -0.1) is 11.3 Å². The highest BCUT2D eigenvalue weighted by Crippen LogP contribution is 2.30. The molecule has 0 radical (unpaired) electrons. The van der Waals surface area contributed by atoms with Gasteiger partial charge in [-0.3, -0.25) is 9.69 Å². The van der Waals surface area contributed by atoms with E-state index in [0.29, 0.717) is 6.54 Å². The van der Waals surface area contributed by atoms with Crippen molar-refractivity contribution >= 4 is 17.2 Å². The third-order valence-corrected chi connectivity index (χ3v) is 6.90. The Kier molecular flexibility index (Phi) is 6.29. The maximum absolute atomic E-state index is 12.8. The van der Waals surface area contributed by atoms with Gasteiger partial charge in [-0.25, -0.2) is 0 Å². The fourth-order valence-electron chi connectivity index (χ4n) is 4.05. The van der Waals surface area contributed by atoms with Gasteiger partial charge in [-0.2, -0.15) is 0 Å². The maximum Gasteiger partial charge on any atom is 0.261 e. The standard InChI is InChI=1S/C22H28N2O3S/c1-26-18-8-6-16(7-9-18)19(24-10-12-27-13-11-24)15-23-22(25)21-14-17-4-2-3-5-20(17)28-21/h6-9,14,19H,2-5,10-13,15H2,1H3,(H,23,25)/t19-/m1/s1. The monoisotopic (exact) mass is 400 g/mol. The normalized spacial score (nSPS) is 18.3. The van der Waals surface area contributed by atoms with E-state index < -0.39 is 0 Å². The quantitative estimate of drug-likeness (QED) is 0.807. The zero-order chi connectivity index (χ0) is 19.3. The Bertz CT molecular complexity index is 773. The SMILES string of the molecule is COc1ccc([C@@H](CNC(=O)c2cc3c(s2)CCCC3)N2CCOCC2)cc1. The van der Waals surface area contributed by atoms with Crippen molar-refractivity contribution in [3.63, 3.8) is 0 Å². The largest absolute Gasteiger partial charge is 0.497 e. The second kappa shape index (κ2) is 9.07. The first-order valence-electron chi connectivity index (χ1n) is 10.1. The maximum atomic E-state index is 12.8. The van der Waals surface area contributed by atoms with E-state index in [4.69, 9.17) is 9.47 Å². The molecule has 0 spiro atoms. The van der Waals surface area contributed by atoms with E-state index in [1.807, 2.05) is 12.1 Å². The van der Waals surface area contributed by atoms with Crippen molar-refractivity contribution in [1.29, 1.82) is 0 Å². The fraction of sp³-hybridized carbons (Fsp3) is 0.500. The number of carbonyl (C=O) groups excluding carboxylic acids is 1. The van der Waals surface area contributed by atoms with Crippen molar-refractivity contribution in [2.75, 3.05) is 40.0 Å². The van der Waals surface area contributed by atoms with E-state index in [2.05, 4.69) is 28.4 Å².